The molecule has 11 rings (SSSR count). The Kier molecular flexibility index (Phi) is 6.18. The van der Waals surface area contributed by atoms with Crippen molar-refractivity contribution in [1.82, 2.24) is 23.9 Å². The Bertz CT molecular complexity index is 3180. The van der Waals surface area contributed by atoms with E-state index >= 15 is 0 Å². The van der Waals surface area contributed by atoms with Gasteiger partial charge in [-0.05, 0) is 89.3 Å². The summed E-state index contributed by atoms with van der Waals surface area (Å²) in [6.07, 6.45) is 3.66. The highest BCUT2D eigenvalue weighted by atomic mass is 15.0. The van der Waals surface area contributed by atoms with E-state index in [1.807, 2.05) is 18.3 Å². The van der Waals surface area contributed by atoms with Crippen LogP contribution in [0.3, 0.4) is 0 Å². The van der Waals surface area contributed by atoms with Gasteiger partial charge in [-0.3, -0.25) is 9.38 Å². The molecule has 0 spiro atoms. The number of para-hydroxylation sites is 3. The fourth-order valence-electron chi connectivity index (χ4n) is 8.00. The zero-order valence-electron chi connectivity index (χ0n) is 28.0. The molecule has 5 heteroatoms. The van der Waals surface area contributed by atoms with Crippen molar-refractivity contribution in [2.45, 2.75) is 0 Å². The summed E-state index contributed by atoms with van der Waals surface area (Å²) in [6, 6.07) is 58.3. The molecule has 0 aliphatic rings. The zero-order chi connectivity index (χ0) is 34.2. The molecule has 11 aromatic rings. The van der Waals surface area contributed by atoms with Crippen molar-refractivity contribution in [2.24, 2.45) is 0 Å². The third-order valence-corrected chi connectivity index (χ3v) is 10.3. The first kappa shape index (κ1) is 28.7. The standard InChI is InChI=1S/C47H29N5/c1-2-12-30(13-3-1)32-24-33(41-20-10-19-40(49-41)31-14-11-23-48-29-31)26-34(25-32)51-43-21-8-6-16-36(43)39-27-38-35-15-4-5-17-37(35)47-50-42-18-7-9-22-44(42)52(47)46(38)28-45(39)51/h1-29H. The normalized spacial score (nSPS) is 11.8. The van der Waals surface area contributed by atoms with Crippen LogP contribution in [0.4, 0.5) is 0 Å². The van der Waals surface area contributed by atoms with E-state index < -0.39 is 0 Å². The van der Waals surface area contributed by atoms with Crippen LogP contribution in [0.25, 0.3) is 99.5 Å². The highest BCUT2D eigenvalue weighted by molar-refractivity contribution is 6.20. The molecular weight excluding hydrogens is 635 g/mol. The second-order valence-corrected chi connectivity index (χ2v) is 13.3. The summed E-state index contributed by atoms with van der Waals surface area (Å²) in [5, 5.41) is 5.97. The smallest absolute Gasteiger partial charge is 0.146 e. The number of hydrogen-bond donors (Lipinski definition) is 0. The number of imidazole rings is 1. The molecule has 0 bridgehead atoms. The van der Waals surface area contributed by atoms with E-state index in [1.165, 1.54) is 21.5 Å². The molecule has 52 heavy (non-hydrogen) atoms. The van der Waals surface area contributed by atoms with E-state index in [0.29, 0.717) is 0 Å². The molecule has 0 aliphatic heterocycles. The van der Waals surface area contributed by atoms with Gasteiger partial charge >= 0.3 is 0 Å². The number of rotatable bonds is 4. The molecule has 0 aliphatic carbocycles. The number of benzene rings is 6. The molecule has 0 atom stereocenters. The lowest BCUT2D eigenvalue weighted by Crippen LogP contribution is -1.98. The van der Waals surface area contributed by atoms with Crippen LogP contribution in [-0.4, -0.2) is 23.9 Å². The minimum absolute atomic E-state index is 0.893. The Balaban J connectivity index is 1.25. The van der Waals surface area contributed by atoms with Crippen molar-refractivity contribution in [1.29, 1.82) is 0 Å². The molecule has 0 fully saturated rings. The van der Waals surface area contributed by atoms with E-state index in [2.05, 4.69) is 166 Å². The highest BCUT2D eigenvalue weighted by Crippen LogP contribution is 2.40. The number of fused-ring (bicyclic) bond motifs is 11. The topological polar surface area (TPSA) is 48.0 Å². The van der Waals surface area contributed by atoms with Gasteiger partial charge in [0, 0.05) is 50.8 Å². The zero-order valence-corrected chi connectivity index (χ0v) is 28.0. The molecule has 0 unspecified atom stereocenters. The molecule has 242 valence electrons. The van der Waals surface area contributed by atoms with Crippen molar-refractivity contribution in [3.05, 3.63) is 176 Å². The minimum atomic E-state index is 0.893. The van der Waals surface area contributed by atoms with Gasteiger partial charge in [-0.25, -0.2) is 9.97 Å². The van der Waals surface area contributed by atoms with Crippen LogP contribution in [0.1, 0.15) is 0 Å². The summed E-state index contributed by atoms with van der Waals surface area (Å²) >= 11 is 0. The van der Waals surface area contributed by atoms with Crippen LogP contribution in [0.5, 0.6) is 0 Å². The first-order valence-electron chi connectivity index (χ1n) is 17.5. The number of hydrogen-bond acceptors (Lipinski definition) is 3. The van der Waals surface area contributed by atoms with Gasteiger partial charge in [0.15, 0.2) is 0 Å². The second-order valence-electron chi connectivity index (χ2n) is 13.3. The third kappa shape index (κ3) is 4.33. The number of nitrogens with zero attached hydrogens (tertiary/aromatic N) is 5. The molecule has 5 nitrogen and oxygen atoms in total. The quantitative estimate of drug-likeness (QED) is 0.176. The maximum atomic E-state index is 5.16. The van der Waals surface area contributed by atoms with Crippen LogP contribution in [0.15, 0.2) is 176 Å². The van der Waals surface area contributed by atoms with Crippen LogP contribution in [-0.2, 0) is 0 Å². The van der Waals surface area contributed by atoms with Gasteiger partial charge in [0.2, 0.25) is 0 Å². The Morgan fingerprint density at radius 2 is 1.08 bits per heavy atom. The van der Waals surface area contributed by atoms with E-state index in [4.69, 9.17) is 9.97 Å². The largest absolute Gasteiger partial charge is 0.309 e. The van der Waals surface area contributed by atoms with E-state index in [1.54, 1.807) is 6.20 Å². The maximum absolute atomic E-state index is 5.16. The van der Waals surface area contributed by atoms with E-state index in [9.17, 15) is 0 Å². The average molecular weight is 664 g/mol. The van der Waals surface area contributed by atoms with Crippen LogP contribution in [0.2, 0.25) is 0 Å². The van der Waals surface area contributed by atoms with Gasteiger partial charge in [0.1, 0.15) is 5.65 Å². The lowest BCUT2D eigenvalue weighted by Gasteiger charge is -2.15. The monoisotopic (exact) mass is 663 g/mol. The van der Waals surface area contributed by atoms with Gasteiger partial charge in [0.25, 0.3) is 0 Å². The Labute approximate surface area is 298 Å². The average Bonchev–Trinajstić information content (AvgIpc) is 3.77. The summed E-state index contributed by atoms with van der Waals surface area (Å²) in [6.45, 7) is 0. The first-order chi connectivity index (χ1) is 25.8. The minimum Gasteiger partial charge on any atom is -0.309 e. The SMILES string of the molecule is c1ccc(-c2cc(-c3cccc(-c4cccnc4)n3)cc(-n3c4ccccc4c4cc5c6ccccc6c6nc7ccccc7n6c5cc43)c2)cc1. The summed E-state index contributed by atoms with van der Waals surface area (Å²) in [4.78, 5) is 14.7. The molecule has 0 amide bonds. The van der Waals surface area contributed by atoms with Gasteiger partial charge < -0.3 is 4.57 Å². The molecule has 5 aromatic heterocycles. The van der Waals surface area contributed by atoms with Gasteiger partial charge in [0.05, 0.1) is 39.0 Å². The third-order valence-electron chi connectivity index (χ3n) is 10.3. The number of pyridine rings is 3. The van der Waals surface area contributed by atoms with Crippen molar-refractivity contribution in [3.63, 3.8) is 0 Å². The lowest BCUT2D eigenvalue weighted by atomic mass is 9.99. The first-order valence-corrected chi connectivity index (χ1v) is 17.5. The summed E-state index contributed by atoms with van der Waals surface area (Å²) in [5.74, 6) is 0. The van der Waals surface area contributed by atoms with Gasteiger partial charge in [-0.2, -0.15) is 0 Å². The summed E-state index contributed by atoms with van der Waals surface area (Å²) < 4.78 is 4.76. The van der Waals surface area contributed by atoms with Crippen LogP contribution in [0, 0.1) is 0 Å². The molecule has 5 heterocycles. The Hall–Kier alpha value is -7.11. The van der Waals surface area contributed by atoms with Crippen molar-refractivity contribution < 1.29 is 0 Å². The van der Waals surface area contributed by atoms with E-state index in [0.717, 1.165) is 77.9 Å². The van der Waals surface area contributed by atoms with Crippen LogP contribution >= 0.6 is 0 Å². The van der Waals surface area contributed by atoms with Crippen molar-refractivity contribution in [3.8, 4) is 39.3 Å². The van der Waals surface area contributed by atoms with Gasteiger partial charge in [-0.15, -0.1) is 0 Å². The Morgan fingerprint density at radius 3 is 1.92 bits per heavy atom. The molecule has 0 N–H and O–H groups in total. The van der Waals surface area contributed by atoms with Crippen molar-refractivity contribution in [2.75, 3.05) is 0 Å². The molecular formula is C47H29N5. The molecule has 0 saturated heterocycles. The predicted molar refractivity (Wildman–Crippen MR) is 214 cm³/mol. The fourth-order valence-corrected chi connectivity index (χ4v) is 8.00. The maximum Gasteiger partial charge on any atom is 0.146 e. The summed E-state index contributed by atoms with van der Waals surface area (Å²) in [5.41, 5.74) is 13.7. The Morgan fingerprint density at radius 1 is 0.385 bits per heavy atom. The molecule has 0 saturated carbocycles. The summed E-state index contributed by atoms with van der Waals surface area (Å²) in [7, 11) is 0. The van der Waals surface area contributed by atoms with E-state index in [-0.39, 0.29) is 0 Å². The van der Waals surface area contributed by atoms with Gasteiger partial charge in [-0.1, -0.05) is 91.0 Å². The molecule has 0 radical (unpaired) electrons. The lowest BCUT2D eigenvalue weighted by molar-refractivity contribution is 1.18. The highest BCUT2D eigenvalue weighted by Gasteiger charge is 2.19. The number of aromatic nitrogens is 5. The molecule has 6 aromatic carbocycles. The predicted octanol–water partition coefficient (Wildman–Crippen LogP) is 11.7. The fraction of sp³-hybridized carbons (Fsp3) is 0. The second kappa shape index (κ2) is 11.2. The van der Waals surface area contributed by atoms with Crippen LogP contribution < -0.4 is 0 Å². The van der Waals surface area contributed by atoms with Crippen molar-refractivity contribution >= 4 is 60.2 Å².